The Morgan fingerprint density at radius 2 is 1.85 bits per heavy atom. The van der Waals surface area contributed by atoms with Crippen molar-refractivity contribution < 1.29 is 9.53 Å². The second-order valence-electron chi connectivity index (χ2n) is 6.20. The van der Waals surface area contributed by atoms with Crippen molar-refractivity contribution in [1.82, 2.24) is 10.3 Å². The summed E-state index contributed by atoms with van der Waals surface area (Å²) in [4.78, 5) is 16.6. The second kappa shape index (κ2) is 8.25. The maximum absolute atomic E-state index is 11.7. The number of benzene rings is 2. The van der Waals surface area contributed by atoms with Crippen LogP contribution in [0.5, 0.6) is 0 Å². The number of methoxy groups -OCH3 is 1. The molecule has 3 rings (SSSR count). The fourth-order valence-electron chi connectivity index (χ4n) is 2.88. The van der Waals surface area contributed by atoms with E-state index in [1.165, 1.54) is 35.1 Å². The van der Waals surface area contributed by atoms with Crippen LogP contribution in [0, 0.1) is 6.92 Å². The molecule has 5 heteroatoms. The van der Waals surface area contributed by atoms with Crippen molar-refractivity contribution in [1.29, 1.82) is 0 Å². The molecule has 1 unspecified atom stereocenters. The molecule has 4 nitrogen and oxygen atoms in total. The molecule has 0 aliphatic rings. The van der Waals surface area contributed by atoms with E-state index in [0.29, 0.717) is 4.88 Å². The first-order chi connectivity index (χ1) is 12.6. The standard InChI is InChI=1S/C21H22N2O2S/c1-14-8-7-11-17(12-14)19(16-9-5-4-6-10-16)23-15(2)20-22-13-18(26-20)21(24)25-3/h4-13,15,19,23H,1-3H3/t15-,19?/m1/s1. The van der Waals surface area contributed by atoms with Gasteiger partial charge >= 0.3 is 5.97 Å². The molecule has 134 valence electrons. The topological polar surface area (TPSA) is 51.2 Å². The average Bonchev–Trinajstić information content (AvgIpc) is 3.16. The molecular formula is C21H22N2O2S. The predicted octanol–water partition coefficient (Wildman–Crippen LogP) is 4.68. The van der Waals surface area contributed by atoms with Crippen LogP contribution in [-0.2, 0) is 4.74 Å². The highest BCUT2D eigenvalue weighted by atomic mass is 32.1. The van der Waals surface area contributed by atoms with Gasteiger partial charge in [-0.2, -0.15) is 0 Å². The Morgan fingerprint density at radius 1 is 1.12 bits per heavy atom. The van der Waals surface area contributed by atoms with Gasteiger partial charge in [0.15, 0.2) is 0 Å². The van der Waals surface area contributed by atoms with Crippen LogP contribution in [0.4, 0.5) is 0 Å². The number of rotatable bonds is 6. The molecule has 1 aromatic heterocycles. The highest BCUT2D eigenvalue weighted by molar-refractivity contribution is 7.13. The summed E-state index contributed by atoms with van der Waals surface area (Å²) in [5.74, 6) is -0.348. The van der Waals surface area contributed by atoms with Gasteiger partial charge in [0.1, 0.15) is 9.88 Å². The van der Waals surface area contributed by atoms with E-state index in [0.717, 1.165) is 5.01 Å². The summed E-state index contributed by atoms with van der Waals surface area (Å²) in [7, 11) is 1.38. The quantitative estimate of drug-likeness (QED) is 0.644. The molecule has 3 aromatic rings. The first-order valence-electron chi connectivity index (χ1n) is 8.50. The van der Waals surface area contributed by atoms with Crippen LogP contribution in [0.3, 0.4) is 0 Å². The molecule has 2 atom stereocenters. The Kier molecular flexibility index (Phi) is 5.81. The molecule has 0 bridgehead atoms. The summed E-state index contributed by atoms with van der Waals surface area (Å²) in [6, 6.07) is 18.9. The van der Waals surface area contributed by atoms with Crippen molar-refractivity contribution in [2.75, 3.05) is 7.11 Å². The Bertz CT molecular complexity index is 876. The SMILES string of the molecule is COC(=O)c1cnc([C@@H](C)NC(c2ccccc2)c2cccc(C)c2)s1. The Hall–Kier alpha value is -2.50. The largest absolute Gasteiger partial charge is 0.465 e. The molecule has 0 aliphatic carbocycles. The van der Waals surface area contributed by atoms with Crippen molar-refractivity contribution >= 4 is 17.3 Å². The molecule has 0 radical (unpaired) electrons. The van der Waals surface area contributed by atoms with Crippen LogP contribution in [0.2, 0.25) is 0 Å². The number of aryl methyl sites for hydroxylation is 1. The molecular weight excluding hydrogens is 344 g/mol. The van der Waals surface area contributed by atoms with E-state index in [4.69, 9.17) is 4.74 Å². The van der Waals surface area contributed by atoms with Gasteiger partial charge in [-0.05, 0) is 25.0 Å². The minimum absolute atomic E-state index is 0.0101. The van der Waals surface area contributed by atoms with Crippen molar-refractivity contribution in [2.24, 2.45) is 0 Å². The van der Waals surface area contributed by atoms with E-state index < -0.39 is 0 Å². The summed E-state index contributed by atoms with van der Waals surface area (Å²) in [6.45, 7) is 4.16. The van der Waals surface area contributed by atoms with E-state index in [1.54, 1.807) is 6.20 Å². The van der Waals surface area contributed by atoms with Gasteiger partial charge in [-0.3, -0.25) is 5.32 Å². The number of thiazole rings is 1. The van der Waals surface area contributed by atoms with E-state index >= 15 is 0 Å². The molecule has 0 saturated heterocycles. The van der Waals surface area contributed by atoms with Crippen molar-refractivity contribution in [3.63, 3.8) is 0 Å². The third-order valence-corrected chi connectivity index (χ3v) is 5.37. The Balaban J connectivity index is 1.88. The number of nitrogens with zero attached hydrogens (tertiary/aromatic N) is 1. The summed E-state index contributed by atoms with van der Waals surface area (Å²) in [6.07, 6.45) is 1.58. The van der Waals surface area contributed by atoms with Crippen LogP contribution < -0.4 is 5.32 Å². The summed E-state index contributed by atoms with van der Waals surface area (Å²) >= 11 is 1.36. The molecule has 1 N–H and O–H groups in total. The summed E-state index contributed by atoms with van der Waals surface area (Å²) in [5.41, 5.74) is 3.61. The van der Waals surface area contributed by atoms with E-state index in [2.05, 4.69) is 60.5 Å². The third-order valence-electron chi connectivity index (χ3n) is 4.21. The van der Waals surface area contributed by atoms with Crippen molar-refractivity contribution in [2.45, 2.75) is 25.9 Å². The number of aromatic nitrogens is 1. The van der Waals surface area contributed by atoms with E-state index in [1.807, 2.05) is 18.2 Å². The van der Waals surface area contributed by atoms with E-state index in [9.17, 15) is 4.79 Å². The van der Waals surface area contributed by atoms with Crippen molar-refractivity contribution in [3.05, 3.63) is 87.4 Å². The van der Waals surface area contributed by atoms with Gasteiger partial charge in [0, 0.05) is 0 Å². The smallest absolute Gasteiger partial charge is 0.349 e. The van der Waals surface area contributed by atoms with Crippen molar-refractivity contribution in [3.8, 4) is 0 Å². The Morgan fingerprint density at radius 3 is 2.54 bits per heavy atom. The number of carbonyl (C=O) groups excluding carboxylic acids is 1. The number of hydrogen-bond donors (Lipinski definition) is 1. The Labute approximate surface area is 157 Å². The molecule has 2 aromatic carbocycles. The minimum atomic E-state index is -0.348. The number of hydrogen-bond acceptors (Lipinski definition) is 5. The van der Waals surface area contributed by atoms with Gasteiger partial charge in [0.05, 0.1) is 25.4 Å². The second-order valence-corrected chi connectivity index (χ2v) is 7.26. The lowest BCUT2D eigenvalue weighted by Gasteiger charge is -2.23. The molecule has 0 saturated carbocycles. The van der Waals surface area contributed by atoms with Gasteiger partial charge in [-0.15, -0.1) is 11.3 Å². The average molecular weight is 366 g/mol. The van der Waals surface area contributed by atoms with E-state index in [-0.39, 0.29) is 18.1 Å². The first-order valence-corrected chi connectivity index (χ1v) is 9.31. The monoisotopic (exact) mass is 366 g/mol. The number of ether oxygens (including phenoxy) is 1. The van der Waals surface area contributed by atoms with Gasteiger partial charge in [-0.1, -0.05) is 60.2 Å². The normalized spacial score (nSPS) is 13.2. The third kappa shape index (κ3) is 4.18. The summed E-state index contributed by atoms with van der Waals surface area (Å²) in [5, 5.41) is 4.52. The number of esters is 1. The molecule has 0 fully saturated rings. The van der Waals surface area contributed by atoms with Crippen LogP contribution >= 0.6 is 11.3 Å². The predicted molar refractivity (Wildman–Crippen MR) is 104 cm³/mol. The van der Waals surface area contributed by atoms with Crippen LogP contribution in [0.1, 0.15) is 50.4 Å². The lowest BCUT2D eigenvalue weighted by molar-refractivity contribution is 0.0606. The number of nitrogens with one attached hydrogen (secondary N) is 1. The maximum atomic E-state index is 11.7. The molecule has 1 heterocycles. The molecule has 0 spiro atoms. The van der Waals surface area contributed by atoms with Crippen LogP contribution in [0.15, 0.2) is 60.8 Å². The fraction of sp³-hybridized carbons (Fsp3) is 0.238. The van der Waals surface area contributed by atoms with Gasteiger partial charge in [-0.25, -0.2) is 9.78 Å². The maximum Gasteiger partial charge on any atom is 0.349 e. The van der Waals surface area contributed by atoms with Gasteiger partial charge in [0.25, 0.3) is 0 Å². The zero-order valence-electron chi connectivity index (χ0n) is 15.1. The molecule has 0 aliphatic heterocycles. The highest BCUT2D eigenvalue weighted by Crippen LogP contribution is 2.28. The highest BCUT2D eigenvalue weighted by Gasteiger charge is 2.20. The number of carbonyl (C=O) groups is 1. The molecule has 26 heavy (non-hydrogen) atoms. The van der Waals surface area contributed by atoms with Gasteiger partial charge in [0.2, 0.25) is 0 Å². The zero-order valence-corrected chi connectivity index (χ0v) is 15.9. The fourth-order valence-corrected chi connectivity index (χ4v) is 3.73. The zero-order chi connectivity index (χ0) is 18.5. The lowest BCUT2D eigenvalue weighted by atomic mass is 9.96. The van der Waals surface area contributed by atoms with Crippen LogP contribution in [0.25, 0.3) is 0 Å². The summed E-state index contributed by atoms with van der Waals surface area (Å²) < 4.78 is 4.77. The first kappa shape index (κ1) is 18.3. The van der Waals surface area contributed by atoms with Crippen LogP contribution in [-0.4, -0.2) is 18.1 Å². The van der Waals surface area contributed by atoms with Gasteiger partial charge < -0.3 is 4.74 Å². The lowest BCUT2D eigenvalue weighted by Crippen LogP contribution is -2.25. The molecule has 0 amide bonds. The minimum Gasteiger partial charge on any atom is -0.465 e.